The fraction of sp³-hybridized carbons (Fsp3) is 0.931. The molecule has 2 N–H and O–H groups in total. The molecular formula is C29H58O5S. The molecule has 6 heteroatoms. The molecule has 2 aliphatic carbocycles. The Labute approximate surface area is 221 Å². The molecule has 0 aromatic carbocycles. The summed E-state index contributed by atoms with van der Waals surface area (Å²) < 4.78 is 4.93. The number of hydrogen-bond acceptors (Lipinski definition) is 5. The number of ether oxygens (including phenoxy) is 1. The summed E-state index contributed by atoms with van der Waals surface area (Å²) >= 11 is 1.80. The third kappa shape index (κ3) is 10.6. The van der Waals surface area contributed by atoms with Crippen molar-refractivity contribution >= 4 is 23.7 Å². The fourth-order valence-corrected chi connectivity index (χ4v) is 6.26. The van der Waals surface area contributed by atoms with Crippen LogP contribution >= 0.6 is 11.8 Å². The van der Waals surface area contributed by atoms with E-state index >= 15 is 0 Å². The monoisotopic (exact) mass is 518 g/mol. The fourth-order valence-electron chi connectivity index (χ4n) is 5.14. The quantitative estimate of drug-likeness (QED) is 0.336. The van der Waals surface area contributed by atoms with Gasteiger partial charge in [-0.1, -0.05) is 63.3 Å². The summed E-state index contributed by atoms with van der Waals surface area (Å²) in [7, 11) is 1.40. The number of aliphatic carboxylic acids is 1. The number of carbonyl (C=O) groups is 2. The van der Waals surface area contributed by atoms with Crippen LogP contribution in [0.4, 0.5) is 0 Å². The Bertz CT molecular complexity index is 607. The maximum Gasteiger partial charge on any atom is 0.314 e. The second-order valence-electron chi connectivity index (χ2n) is 12.1. The Morgan fingerprint density at radius 3 is 1.51 bits per heavy atom. The van der Waals surface area contributed by atoms with E-state index in [1.54, 1.807) is 11.8 Å². The Balaban J connectivity index is 0. The molecule has 0 unspecified atom stereocenters. The van der Waals surface area contributed by atoms with Gasteiger partial charge < -0.3 is 14.9 Å². The molecule has 0 amide bonds. The van der Waals surface area contributed by atoms with Crippen molar-refractivity contribution in [1.29, 1.82) is 0 Å². The van der Waals surface area contributed by atoms with Crippen LogP contribution in [-0.2, 0) is 14.3 Å². The van der Waals surface area contributed by atoms with Crippen LogP contribution in [0, 0.1) is 34.5 Å². The molecule has 0 saturated heterocycles. The van der Waals surface area contributed by atoms with Gasteiger partial charge in [0.15, 0.2) is 0 Å². The van der Waals surface area contributed by atoms with Crippen molar-refractivity contribution in [2.24, 2.45) is 34.5 Å². The minimum Gasteiger partial charge on any atom is -0.481 e. The van der Waals surface area contributed by atoms with Crippen LogP contribution in [0.15, 0.2) is 0 Å². The first kappa shape index (κ1) is 36.4. The Hall–Kier alpha value is -0.750. The molecule has 0 aromatic heterocycles. The van der Waals surface area contributed by atoms with Crippen molar-refractivity contribution < 1.29 is 24.5 Å². The van der Waals surface area contributed by atoms with Gasteiger partial charge in [0.25, 0.3) is 0 Å². The molecule has 35 heavy (non-hydrogen) atoms. The lowest BCUT2D eigenvalue weighted by Crippen LogP contribution is -2.40. The summed E-state index contributed by atoms with van der Waals surface area (Å²) in [6, 6.07) is 0. The van der Waals surface area contributed by atoms with E-state index in [-0.39, 0.29) is 32.2 Å². The third-order valence-corrected chi connectivity index (χ3v) is 9.58. The van der Waals surface area contributed by atoms with Crippen LogP contribution in [0.5, 0.6) is 0 Å². The molecule has 5 nitrogen and oxygen atoms in total. The van der Waals surface area contributed by atoms with Crippen molar-refractivity contribution in [3.05, 3.63) is 0 Å². The van der Waals surface area contributed by atoms with E-state index < -0.39 is 16.8 Å². The number of thioether (sulfide) groups is 1. The SMILES string of the molecule is C.C.CC(C)C1CCC(CSC(C)(C)C)(C(=O)O)CC1.COC(=O)C1(CO)CCC(C(C)C)CC1. The van der Waals surface area contributed by atoms with Crippen LogP contribution in [-0.4, -0.2) is 46.4 Å². The first-order valence-corrected chi connectivity index (χ1v) is 13.8. The van der Waals surface area contributed by atoms with E-state index in [2.05, 4.69) is 48.5 Å². The van der Waals surface area contributed by atoms with Gasteiger partial charge >= 0.3 is 11.9 Å². The molecule has 0 atom stereocenters. The summed E-state index contributed by atoms with van der Waals surface area (Å²) in [5.74, 6) is 2.70. The van der Waals surface area contributed by atoms with Gasteiger partial charge in [0.1, 0.15) is 0 Å². The van der Waals surface area contributed by atoms with Crippen molar-refractivity contribution in [3.63, 3.8) is 0 Å². The number of carbonyl (C=O) groups excluding carboxylic acids is 1. The number of methoxy groups -OCH3 is 1. The van der Waals surface area contributed by atoms with Gasteiger partial charge in [0, 0.05) is 10.5 Å². The highest BCUT2D eigenvalue weighted by atomic mass is 32.2. The second-order valence-corrected chi connectivity index (χ2v) is 13.9. The second kappa shape index (κ2) is 15.5. The van der Waals surface area contributed by atoms with E-state index in [1.807, 2.05) is 0 Å². The number of carboxylic acids is 1. The minimum atomic E-state index is -0.611. The lowest BCUT2D eigenvalue weighted by molar-refractivity contribution is -0.159. The van der Waals surface area contributed by atoms with Crippen molar-refractivity contribution in [3.8, 4) is 0 Å². The largest absolute Gasteiger partial charge is 0.481 e. The molecule has 0 aliphatic heterocycles. The lowest BCUT2D eigenvalue weighted by atomic mass is 9.68. The van der Waals surface area contributed by atoms with Gasteiger partial charge in [0.2, 0.25) is 0 Å². The summed E-state index contributed by atoms with van der Waals surface area (Å²) in [5, 5.41) is 19.0. The Morgan fingerprint density at radius 1 is 0.886 bits per heavy atom. The first-order chi connectivity index (χ1) is 15.2. The van der Waals surface area contributed by atoms with Crippen LogP contribution in [0.25, 0.3) is 0 Å². The molecule has 0 bridgehead atoms. The van der Waals surface area contributed by atoms with Crippen molar-refractivity contribution in [1.82, 2.24) is 0 Å². The molecule has 0 heterocycles. The van der Waals surface area contributed by atoms with E-state index in [0.29, 0.717) is 17.8 Å². The van der Waals surface area contributed by atoms with Gasteiger partial charge in [0.05, 0.1) is 24.5 Å². The van der Waals surface area contributed by atoms with Crippen molar-refractivity contribution in [2.45, 2.75) is 119 Å². The maximum absolute atomic E-state index is 11.7. The van der Waals surface area contributed by atoms with Crippen LogP contribution < -0.4 is 0 Å². The highest BCUT2D eigenvalue weighted by Gasteiger charge is 2.44. The average Bonchev–Trinajstić information content (AvgIpc) is 2.77. The zero-order chi connectivity index (χ0) is 25.4. The number of aliphatic hydroxyl groups is 1. The van der Waals surface area contributed by atoms with E-state index in [9.17, 15) is 19.8 Å². The third-order valence-electron chi connectivity index (χ3n) is 8.02. The Kier molecular flexibility index (Phi) is 16.1. The predicted molar refractivity (Wildman–Crippen MR) is 151 cm³/mol. The molecule has 0 aromatic rings. The summed E-state index contributed by atoms with van der Waals surface area (Å²) in [6.45, 7) is 15.3. The summed E-state index contributed by atoms with van der Waals surface area (Å²) in [5.41, 5.74) is -1.08. The van der Waals surface area contributed by atoms with Crippen LogP contribution in [0.2, 0.25) is 0 Å². The molecule has 0 radical (unpaired) electrons. The van der Waals surface area contributed by atoms with Gasteiger partial charge in [-0.25, -0.2) is 0 Å². The first-order valence-electron chi connectivity index (χ1n) is 12.8. The zero-order valence-corrected chi connectivity index (χ0v) is 23.2. The van der Waals surface area contributed by atoms with Gasteiger partial charge in [-0.2, -0.15) is 11.8 Å². The molecular weight excluding hydrogens is 460 g/mol. The van der Waals surface area contributed by atoms with Crippen LogP contribution in [0.3, 0.4) is 0 Å². The normalized spacial score (nSPS) is 28.8. The minimum absolute atomic E-state index is 0. The molecule has 0 spiro atoms. The highest BCUT2D eigenvalue weighted by molar-refractivity contribution is 8.00. The molecule has 2 saturated carbocycles. The summed E-state index contributed by atoms with van der Waals surface area (Å²) in [4.78, 5) is 23.3. The molecule has 2 fully saturated rings. The van der Waals surface area contributed by atoms with E-state index in [1.165, 1.54) is 7.11 Å². The number of aliphatic hydroxyl groups excluding tert-OH is 1. The standard InChI is InChI=1S/C15H28O2S.C12H22O3.2CH4/c1-11(2)12-6-8-15(9-7-12,13(16)17)10-18-14(3,4)5;1-9(2)10-4-6-12(8-13,7-5-10)11(14)15-3;;/h11-12H,6-10H2,1-5H3,(H,16,17);9-10,13H,4-8H2,1-3H3;2*1H4. The van der Waals surface area contributed by atoms with Gasteiger partial charge in [-0.3, -0.25) is 9.59 Å². The maximum atomic E-state index is 11.7. The number of hydrogen-bond donors (Lipinski definition) is 2. The smallest absolute Gasteiger partial charge is 0.314 e. The number of carboxylic acid groups (broad SMARTS) is 1. The van der Waals surface area contributed by atoms with Crippen LogP contribution in [0.1, 0.15) is 115 Å². The van der Waals surface area contributed by atoms with Crippen molar-refractivity contribution in [2.75, 3.05) is 19.5 Å². The van der Waals surface area contributed by atoms with E-state index in [4.69, 9.17) is 4.74 Å². The number of rotatable bonds is 7. The van der Waals surface area contributed by atoms with Gasteiger partial charge in [-0.05, 0) is 75.0 Å². The highest BCUT2D eigenvalue weighted by Crippen LogP contribution is 2.45. The average molecular weight is 519 g/mol. The predicted octanol–water partition coefficient (Wildman–Crippen LogP) is 7.69. The van der Waals surface area contributed by atoms with Gasteiger partial charge in [-0.15, -0.1) is 0 Å². The number of esters is 1. The molecule has 2 aliphatic rings. The topological polar surface area (TPSA) is 83.8 Å². The Morgan fingerprint density at radius 2 is 1.26 bits per heavy atom. The summed E-state index contributed by atoms with van der Waals surface area (Å²) in [6.07, 6.45) is 7.44. The van der Waals surface area contributed by atoms with E-state index in [0.717, 1.165) is 63.0 Å². The lowest BCUT2D eigenvalue weighted by Gasteiger charge is -2.39. The molecule has 210 valence electrons. The molecule has 2 rings (SSSR count). The zero-order valence-electron chi connectivity index (χ0n) is 22.4.